The Kier molecular flexibility index (Phi) is 4.98. The Labute approximate surface area is 181 Å². The molecule has 2 atom stereocenters. The molecule has 6 nitrogen and oxygen atoms in total. The van der Waals surface area contributed by atoms with E-state index >= 15 is 0 Å². The molecule has 0 amide bonds. The molecule has 2 aliphatic rings. The van der Waals surface area contributed by atoms with Crippen molar-refractivity contribution in [2.45, 2.75) is 31.3 Å². The Bertz CT molecular complexity index is 1140. The molecule has 31 heavy (non-hydrogen) atoms. The zero-order valence-electron chi connectivity index (χ0n) is 17.3. The maximum atomic E-state index is 11.6. The molecule has 1 aliphatic carbocycles. The number of nitrogens with two attached hydrogens (primary N) is 1. The van der Waals surface area contributed by atoms with E-state index in [1.165, 1.54) is 18.2 Å². The summed E-state index contributed by atoms with van der Waals surface area (Å²) in [6, 6.07) is 15.8. The molecule has 158 valence electrons. The standard InChI is InChI=1S/C25H24N2O4/c1-29-24(28)12-15-14-30-23-13-16(7-8-17(15)23)31-22-10-9-18-19(22)4-2-5-20(18)25-21(26)6-3-11-27-25/h2-8,11,13,15,22H,9-10,12,14,26H2,1H3/t15-,22-/m1/s1. The largest absolute Gasteiger partial charge is 0.492 e. The van der Waals surface area contributed by atoms with E-state index in [9.17, 15) is 4.79 Å². The molecule has 2 N–H and O–H groups in total. The summed E-state index contributed by atoms with van der Waals surface area (Å²) in [4.78, 5) is 16.1. The predicted molar refractivity (Wildman–Crippen MR) is 117 cm³/mol. The van der Waals surface area contributed by atoms with Crippen molar-refractivity contribution in [3.8, 4) is 22.8 Å². The topological polar surface area (TPSA) is 83.7 Å². The fourth-order valence-corrected chi connectivity index (χ4v) is 4.55. The van der Waals surface area contributed by atoms with E-state index in [1.807, 2.05) is 36.4 Å². The van der Waals surface area contributed by atoms with Crippen molar-refractivity contribution < 1.29 is 19.0 Å². The minimum Gasteiger partial charge on any atom is -0.492 e. The molecule has 2 heterocycles. The number of pyridine rings is 1. The number of ether oxygens (including phenoxy) is 3. The Morgan fingerprint density at radius 3 is 2.94 bits per heavy atom. The summed E-state index contributed by atoms with van der Waals surface area (Å²) in [7, 11) is 1.41. The lowest BCUT2D eigenvalue weighted by atomic mass is 9.98. The molecule has 0 radical (unpaired) electrons. The van der Waals surface area contributed by atoms with Crippen LogP contribution in [0, 0.1) is 0 Å². The lowest BCUT2D eigenvalue weighted by Crippen LogP contribution is -2.09. The summed E-state index contributed by atoms with van der Waals surface area (Å²) in [5, 5.41) is 0. The first kappa shape index (κ1) is 19.4. The third-order valence-electron chi connectivity index (χ3n) is 6.09. The van der Waals surface area contributed by atoms with Crippen molar-refractivity contribution in [2.75, 3.05) is 19.5 Å². The van der Waals surface area contributed by atoms with Gasteiger partial charge in [0.1, 0.15) is 17.6 Å². The smallest absolute Gasteiger partial charge is 0.306 e. The minimum absolute atomic E-state index is 0.0232. The Morgan fingerprint density at radius 1 is 1.19 bits per heavy atom. The monoisotopic (exact) mass is 416 g/mol. The fraction of sp³-hybridized carbons (Fsp3) is 0.280. The Morgan fingerprint density at radius 2 is 2.10 bits per heavy atom. The van der Waals surface area contributed by atoms with Gasteiger partial charge in [0.25, 0.3) is 0 Å². The number of carbonyl (C=O) groups is 1. The highest BCUT2D eigenvalue weighted by Gasteiger charge is 2.30. The summed E-state index contributed by atoms with van der Waals surface area (Å²) >= 11 is 0. The summed E-state index contributed by atoms with van der Waals surface area (Å²) in [6.07, 6.45) is 3.85. The number of nitrogen functional groups attached to an aromatic ring is 1. The van der Waals surface area contributed by atoms with Crippen molar-refractivity contribution in [2.24, 2.45) is 0 Å². The number of esters is 1. The predicted octanol–water partition coefficient (Wildman–Crippen LogP) is 4.44. The molecule has 0 fully saturated rings. The number of benzene rings is 2. The first-order valence-corrected chi connectivity index (χ1v) is 10.5. The van der Waals surface area contributed by atoms with Gasteiger partial charge in [-0.1, -0.05) is 24.3 Å². The molecule has 0 saturated heterocycles. The molecular formula is C25H24N2O4. The lowest BCUT2D eigenvalue weighted by Gasteiger charge is -2.17. The summed E-state index contributed by atoms with van der Waals surface area (Å²) < 4.78 is 17.0. The van der Waals surface area contributed by atoms with E-state index in [2.05, 4.69) is 17.1 Å². The number of rotatable bonds is 5. The van der Waals surface area contributed by atoms with E-state index in [4.69, 9.17) is 19.9 Å². The second-order valence-electron chi connectivity index (χ2n) is 7.95. The maximum Gasteiger partial charge on any atom is 0.306 e. The number of hydrogen-bond acceptors (Lipinski definition) is 6. The highest BCUT2D eigenvalue weighted by atomic mass is 16.5. The SMILES string of the molecule is COC(=O)C[C@@H]1COc2cc(O[C@@H]3CCc4c(-c5ncccc5N)cccc43)ccc21. The molecule has 3 aromatic rings. The van der Waals surface area contributed by atoms with Gasteiger partial charge < -0.3 is 19.9 Å². The van der Waals surface area contributed by atoms with Crippen LogP contribution in [0.25, 0.3) is 11.3 Å². The van der Waals surface area contributed by atoms with Crippen LogP contribution in [-0.4, -0.2) is 24.7 Å². The van der Waals surface area contributed by atoms with E-state index in [-0.39, 0.29) is 18.0 Å². The van der Waals surface area contributed by atoms with Gasteiger partial charge in [-0.15, -0.1) is 0 Å². The minimum atomic E-state index is -0.228. The zero-order chi connectivity index (χ0) is 21.4. The van der Waals surface area contributed by atoms with E-state index in [0.717, 1.165) is 41.2 Å². The summed E-state index contributed by atoms with van der Waals surface area (Å²) in [5.74, 6) is 1.33. The number of carbonyl (C=O) groups excluding carboxylic acids is 1. The van der Waals surface area contributed by atoms with Crippen LogP contribution < -0.4 is 15.2 Å². The Hall–Kier alpha value is -3.54. The molecule has 0 spiro atoms. The first-order valence-electron chi connectivity index (χ1n) is 10.5. The second kappa shape index (κ2) is 7.95. The Balaban J connectivity index is 1.38. The summed E-state index contributed by atoms with van der Waals surface area (Å²) in [6.45, 7) is 0.481. The van der Waals surface area contributed by atoms with Crippen molar-refractivity contribution in [3.05, 3.63) is 71.4 Å². The van der Waals surface area contributed by atoms with E-state index in [0.29, 0.717) is 18.7 Å². The van der Waals surface area contributed by atoms with E-state index in [1.54, 1.807) is 6.20 Å². The fourth-order valence-electron chi connectivity index (χ4n) is 4.55. The van der Waals surface area contributed by atoms with Crippen LogP contribution in [0.4, 0.5) is 5.69 Å². The van der Waals surface area contributed by atoms with Crippen LogP contribution in [0.15, 0.2) is 54.7 Å². The zero-order valence-corrected chi connectivity index (χ0v) is 17.3. The molecule has 2 aromatic carbocycles. The quantitative estimate of drug-likeness (QED) is 0.619. The average molecular weight is 416 g/mol. The van der Waals surface area contributed by atoms with Gasteiger partial charge in [-0.05, 0) is 42.2 Å². The molecular weight excluding hydrogens is 392 g/mol. The number of methoxy groups -OCH3 is 1. The van der Waals surface area contributed by atoms with Gasteiger partial charge in [0.15, 0.2) is 0 Å². The molecule has 0 bridgehead atoms. The molecule has 6 heteroatoms. The highest BCUT2D eigenvalue weighted by Crippen LogP contribution is 2.43. The van der Waals surface area contributed by atoms with Crippen LogP contribution in [0.2, 0.25) is 0 Å². The number of anilines is 1. The van der Waals surface area contributed by atoms with E-state index < -0.39 is 0 Å². The van der Waals surface area contributed by atoms with Crippen LogP contribution in [-0.2, 0) is 16.0 Å². The van der Waals surface area contributed by atoms with Crippen molar-refractivity contribution >= 4 is 11.7 Å². The molecule has 0 unspecified atom stereocenters. The highest BCUT2D eigenvalue weighted by molar-refractivity contribution is 5.76. The van der Waals surface area contributed by atoms with Crippen LogP contribution >= 0.6 is 0 Å². The molecule has 1 aromatic heterocycles. The maximum absolute atomic E-state index is 11.6. The number of nitrogens with zero attached hydrogens (tertiary/aromatic N) is 1. The molecule has 0 saturated carbocycles. The van der Waals surface area contributed by atoms with Crippen LogP contribution in [0.3, 0.4) is 0 Å². The number of fused-ring (bicyclic) bond motifs is 2. The third-order valence-corrected chi connectivity index (χ3v) is 6.09. The van der Waals surface area contributed by atoms with Gasteiger partial charge in [0.05, 0.1) is 31.5 Å². The number of aromatic nitrogens is 1. The van der Waals surface area contributed by atoms with Gasteiger partial charge in [-0.2, -0.15) is 0 Å². The van der Waals surface area contributed by atoms with Gasteiger partial charge in [-0.25, -0.2) is 0 Å². The second-order valence-corrected chi connectivity index (χ2v) is 7.95. The summed E-state index contributed by atoms with van der Waals surface area (Å²) in [5.41, 5.74) is 12.2. The lowest BCUT2D eigenvalue weighted by molar-refractivity contribution is -0.141. The van der Waals surface area contributed by atoms with Gasteiger partial charge in [0.2, 0.25) is 0 Å². The van der Waals surface area contributed by atoms with Crippen molar-refractivity contribution in [1.82, 2.24) is 4.98 Å². The van der Waals surface area contributed by atoms with Crippen molar-refractivity contribution in [3.63, 3.8) is 0 Å². The number of hydrogen-bond donors (Lipinski definition) is 1. The van der Waals surface area contributed by atoms with Crippen LogP contribution in [0.1, 0.15) is 41.6 Å². The molecule has 1 aliphatic heterocycles. The normalized spacial score (nSPS) is 18.7. The molecule has 5 rings (SSSR count). The first-order chi connectivity index (χ1) is 15.1. The van der Waals surface area contributed by atoms with Crippen molar-refractivity contribution in [1.29, 1.82) is 0 Å². The van der Waals surface area contributed by atoms with Gasteiger partial charge >= 0.3 is 5.97 Å². The van der Waals surface area contributed by atoms with Crippen LogP contribution in [0.5, 0.6) is 11.5 Å². The average Bonchev–Trinajstić information content (AvgIpc) is 3.38. The van der Waals surface area contributed by atoms with Gasteiger partial charge in [-0.3, -0.25) is 9.78 Å². The third kappa shape index (κ3) is 3.58. The van der Waals surface area contributed by atoms with Gasteiger partial charge in [0, 0.05) is 29.3 Å².